The van der Waals surface area contributed by atoms with E-state index in [2.05, 4.69) is 0 Å². The number of aromatic hydroxyl groups is 3. The second-order valence-electron chi connectivity index (χ2n) is 10.2. The Hall–Kier alpha value is -3.75. The number of aliphatic hydroxyl groups excluding tert-OH is 8. The molecule has 0 spiro atoms. The summed E-state index contributed by atoms with van der Waals surface area (Å²) in [6.45, 7) is -1.43. The summed E-state index contributed by atoms with van der Waals surface area (Å²) >= 11 is 0. The molecule has 11 N–H and O–H groups in total. The number of fused-ring (bicyclic) bond motifs is 1. The molecular formula is C27H30O17. The Morgan fingerprint density at radius 3 is 1.80 bits per heavy atom. The number of phenolic OH excluding ortho intramolecular Hbond substituents is 2. The Balaban J connectivity index is 1.44. The molecule has 5 rings (SSSR count). The molecule has 2 aromatic carbocycles. The zero-order valence-corrected chi connectivity index (χ0v) is 22.4. The zero-order valence-electron chi connectivity index (χ0n) is 22.4. The van der Waals surface area contributed by atoms with Gasteiger partial charge >= 0.3 is 0 Å². The average Bonchev–Trinajstić information content (AvgIpc) is 3.00. The van der Waals surface area contributed by atoms with Crippen LogP contribution in [0.3, 0.4) is 0 Å². The first-order valence-electron chi connectivity index (χ1n) is 13.2. The van der Waals surface area contributed by atoms with Crippen LogP contribution in [-0.2, 0) is 9.47 Å². The first-order valence-corrected chi connectivity index (χ1v) is 13.2. The predicted octanol–water partition coefficient (Wildman–Crippen LogP) is -3.07. The fourth-order valence-corrected chi connectivity index (χ4v) is 4.88. The molecule has 17 heteroatoms. The van der Waals surface area contributed by atoms with E-state index in [1.165, 1.54) is 6.07 Å². The van der Waals surface area contributed by atoms with Crippen LogP contribution in [0.4, 0.5) is 0 Å². The molecule has 0 saturated carbocycles. The van der Waals surface area contributed by atoms with Gasteiger partial charge in [-0.15, -0.1) is 0 Å². The number of hydrogen-bond acceptors (Lipinski definition) is 17. The molecule has 0 bridgehead atoms. The summed E-state index contributed by atoms with van der Waals surface area (Å²) in [6.07, 6.45) is -16.1. The zero-order chi connectivity index (χ0) is 32.0. The number of benzene rings is 2. The minimum atomic E-state index is -1.78. The molecule has 3 heterocycles. The molecule has 3 aromatic rings. The summed E-state index contributed by atoms with van der Waals surface area (Å²) in [6, 6.07) is 5.42. The van der Waals surface area contributed by atoms with Crippen molar-refractivity contribution in [1.82, 2.24) is 0 Å². The number of rotatable bonds is 7. The molecule has 2 fully saturated rings. The van der Waals surface area contributed by atoms with E-state index in [0.717, 1.165) is 24.3 Å². The van der Waals surface area contributed by atoms with Gasteiger partial charge in [0, 0.05) is 17.7 Å². The van der Waals surface area contributed by atoms with E-state index < -0.39 is 108 Å². The normalized spacial score (nSPS) is 32.5. The molecule has 2 aliphatic heterocycles. The van der Waals surface area contributed by atoms with Gasteiger partial charge in [-0.2, -0.15) is 0 Å². The van der Waals surface area contributed by atoms with E-state index in [-0.39, 0.29) is 22.6 Å². The molecule has 240 valence electrons. The summed E-state index contributed by atoms with van der Waals surface area (Å²) in [5.41, 5.74) is -1.47. The number of ether oxygens (including phenoxy) is 4. The van der Waals surface area contributed by atoms with Gasteiger partial charge in [0.25, 0.3) is 0 Å². The summed E-state index contributed by atoms with van der Waals surface area (Å²) in [5.74, 6) is -3.27. The SMILES string of the molecule is O=c1c(O)c(-c2ccc(O[C@@H]3O[C@H](CO)[C@H](O)[C@@H](O)[C@H]3O)c(O)c2)oc2cc(O[C@@H]3O[C@H](CO)[C@H](O)[C@@H](O)[C@H]3O)cc(O)c12. The fourth-order valence-electron chi connectivity index (χ4n) is 4.88. The fraction of sp³-hybridized carbons (Fsp3) is 0.444. The molecule has 17 nitrogen and oxygen atoms in total. The van der Waals surface area contributed by atoms with Crippen LogP contribution in [0.5, 0.6) is 28.7 Å². The maximum atomic E-state index is 13.0. The Morgan fingerprint density at radius 1 is 0.682 bits per heavy atom. The molecule has 2 saturated heterocycles. The third-order valence-corrected chi connectivity index (χ3v) is 7.34. The summed E-state index contributed by atoms with van der Waals surface area (Å²) in [4.78, 5) is 13.0. The van der Waals surface area contributed by atoms with Gasteiger partial charge in [0.1, 0.15) is 71.3 Å². The highest BCUT2D eigenvalue weighted by atomic mass is 16.7. The van der Waals surface area contributed by atoms with Crippen molar-refractivity contribution in [3.8, 4) is 40.1 Å². The molecule has 44 heavy (non-hydrogen) atoms. The van der Waals surface area contributed by atoms with Gasteiger partial charge in [-0.3, -0.25) is 4.79 Å². The highest BCUT2D eigenvalue weighted by molar-refractivity contribution is 5.88. The van der Waals surface area contributed by atoms with Crippen LogP contribution >= 0.6 is 0 Å². The average molecular weight is 627 g/mol. The third-order valence-electron chi connectivity index (χ3n) is 7.34. The summed E-state index contributed by atoms with van der Waals surface area (Å²) in [5, 5.41) is 110. The lowest BCUT2D eigenvalue weighted by Crippen LogP contribution is -2.60. The van der Waals surface area contributed by atoms with E-state index in [9.17, 15) is 61.0 Å². The minimum Gasteiger partial charge on any atom is -0.507 e. The van der Waals surface area contributed by atoms with Crippen molar-refractivity contribution in [1.29, 1.82) is 0 Å². The smallest absolute Gasteiger partial charge is 0.238 e. The number of aliphatic hydroxyl groups is 8. The Bertz CT molecular complexity index is 1550. The lowest BCUT2D eigenvalue weighted by atomic mass is 9.99. The highest BCUT2D eigenvalue weighted by Crippen LogP contribution is 2.39. The van der Waals surface area contributed by atoms with Gasteiger partial charge < -0.3 is 79.5 Å². The molecule has 0 unspecified atom stereocenters. The monoisotopic (exact) mass is 626 g/mol. The highest BCUT2D eigenvalue weighted by Gasteiger charge is 2.46. The number of hydrogen-bond donors (Lipinski definition) is 11. The van der Waals surface area contributed by atoms with Crippen LogP contribution in [0.15, 0.2) is 39.5 Å². The molecule has 0 aliphatic carbocycles. The molecule has 2 aliphatic rings. The van der Waals surface area contributed by atoms with Crippen LogP contribution in [0.1, 0.15) is 0 Å². The van der Waals surface area contributed by atoms with Crippen molar-refractivity contribution in [3.05, 3.63) is 40.6 Å². The lowest BCUT2D eigenvalue weighted by Gasteiger charge is -2.39. The lowest BCUT2D eigenvalue weighted by molar-refractivity contribution is -0.277. The first-order chi connectivity index (χ1) is 20.9. The van der Waals surface area contributed by atoms with Gasteiger partial charge in [-0.25, -0.2) is 0 Å². The second-order valence-corrected chi connectivity index (χ2v) is 10.2. The van der Waals surface area contributed by atoms with Crippen LogP contribution < -0.4 is 14.9 Å². The first kappa shape index (κ1) is 31.7. The quantitative estimate of drug-likeness (QED) is 0.124. The third kappa shape index (κ3) is 5.61. The van der Waals surface area contributed by atoms with Crippen molar-refractivity contribution in [2.45, 2.75) is 61.4 Å². The summed E-state index contributed by atoms with van der Waals surface area (Å²) in [7, 11) is 0. The van der Waals surface area contributed by atoms with Gasteiger partial charge in [0.15, 0.2) is 17.3 Å². The van der Waals surface area contributed by atoms with E-state index in [4.69, 9.17) is 23.4 Å². The van der Waals surface area contributed by atoms with Crippen LogP contribution in [0.25, 0.3) is 22.3 Å². The van der Waals surface area contributed by atoms with Crippen molar-refractivity contribution in [3.63, 3.8) is 0 Å². The topological polar surface area (TPSA) is 290 Å². The molecule has 0 amide bonds. The van der Waals surface area contributed by atoms with Gasteiger partial charge in [-0.1, -0.05) is 0 Å². The minimum absolute atomic E-state index is 0.0695. The van der Waals surface area contributed by atoms with Crippen molar-refractivity contribution in [2.75, 3.05) is 13.2 Å². The van der Waals surface area contributed by atoms with Crippen molar-refractivity contribution < 1.29 is 79.5 Å². The predicted molar refractivity (Wildman–Crippen MR) is 142 cm³/mol. The Kier molecular flexibility index (Phi) is 8.87. The molecular weight excluding hydrogens is 596 g/mol. The van der Waals surface area contributed by atoms with Crippen LogP contribution in [0.2, 0.25) is 0 Å². The van der Waals surface area contributed by atoms with Crippen LogP contribution in [0, 0.1) is 0 Å². The Morgan fingerprint density at radius 2 is 1.25 bits per heavy atom. The summed E-state index contributed by atoms with van der Waals surface area (Å²) < 4.78 is 27.1. The standard InChI is InChI=1S/C27H30O17/c28-6-14-17(32)20(35)23(38)26(43-14)40-9-4-11(31)16-13(5-9)41-25(22(37)19(16)34)8-1-2-12(10(30)3-8)42-27-24(39)21(36)18(33)15(7-29)44-27/h1-5,14-15,17-18,20-21,23-24,26-33,35-39H,6-7H2/t14-,15-,17+,18+,20-,21-,23-,24-,26-,27-/m1/s1. The molecule has 0 radical (unpaired) electrons. The van der Waals surface area contributed by atoms with Crippen LogP contribution in [-0.4, -0.2) is 131 Å². The van der Waals surface area contributed by atoms with E-state index in [1.807, 2.05) is 0 Å². The van der Waals surface area contributed by atoms with E-state index in [1.54, 1.807) is 0 Å². The Labute approximate surface area is 246 Å². The van der Waals surface area contributed by atoms with E-state index in [0.29, 0.717) is 0 Å². The van der Waals surface area contributed by atoms with E-state index >= 15 is 0 Å². The largest absolute Gasteiger partial charge is 0.507 e. The number of phenols is 2. The maximum absolute atomic E-state index is 13.0. The van der Waals surface area contributed by atoms with Crippen molar-refractivity contribution >= 4 is 11.0 Å². The molecule has 10 atom stereocenters. The van der Waals surface area contributed by atoms with Gasteiger partial charge in [-0.05, 0) is 18.2 Å². The second kappa shape index (κ2) is 12.3. The van der Waals surface area contributed by atoms with Gasteiger partial charge in [0.05, 0.1) is 13.2 Å². The van der Waals surface area contributed by atoms with Gasteiger partial charge in [0.2, 0.25) is 23.8 Å². The molecule has 1 aromatic heterocycles. The maximum Gasteiger partial charge on any atom is 0.238 e. The van der Waals surface area contributed by atoms with Crippen molar-refractivity contribution in [2.24, 2.45) is 0 Å².